The average Bonchev–Trinajstić information content (AvgIpc) is 2.45. The quantitative estimate of drug-likeness (QED) is 0.569. The van der Waals surface area contributed by atoms with Crippen molar-refractivity contribution in [2.24, 2.45) is 10.4 Å². The Labute approximate surface area is 79.5 Å². The number of benzene rings is 1. The molecule has 0 N–H and O–H groups in total. The minimum absolute atomic E-state index is 0.274. The van der Waals surface area contributed by atoms with Gasteiger partial charge < -0.3 is 0 Å². The molecule has 1 aromatic carbocycles. The molecular weight excluding hydrogens is 158 g/mol. The van der Waals surface area contributed by atoms with Gasteiger partial charge in [-0.15, -0.1) is 0 Å². The molecule has 1 nitrogen and oxygen atoms in total. The molecule has 0 fully saturated rings. The Balaban J connectivity index is 2.45. The third-order valence-electron chi connectivity index (χ3n) is 2.57. The van der Waals surface area contributed by atoms with Gasteiger partial charge >= 0.3 is 0 Å². The van der Waals surface area contributed by atoms with Crippen LogP contribution in [0.5, 0.6) is 0 Å². The molecule has 1 heteroatoms. The summed E-state index contributed by atoms with van der Waals surface area (Å²) in [7, 11) is 0. The first-order valence-corrected chi connectivity index (χ1v) is 4.72. The molecule has 2 rings (SSSR count). The highest BCUT2D eigenvalue weighted by atomic mass is 14.8. The molecule has 0 radical (unpaired) electrons. The van der Waals surface area contributed by atoms with Crippen LogP contribution < -0.4 is 0 Å². The van der Waals surface area contributed by atoms with Crippen molar-refractivity contribution in [2.75, 3.05) is 0 Å². The van der Waals surface area contributed by atoms with E-state index in [1.165, 1.54) is 5.56 Å². The first-order chi connectivity index (χ1) is 6.09. The van der Waals surface area contributed by atoms with E-state index in [0.717, 1.165) is 5.69 Å². The van der Waals surface area contributed by atoms with E-state index in [0.29, 0.717) is 5.92 Å². The maximum absolute atomic E-state index is 4.42. The lowest BCUT2D eigenvalue weighted by molar-refractivity contribution is 0.390. The smallest absolute Gasteiger partial charge is 0.0664 e. The maximum atomic E-state index is 4.42. The molecule has 1 atom stereocenters. The molecule has 0 amide bonds. The fraction of sp³-hybridized carbons (Fsp3) is 0.417. The Morgan fingerprint density at radius 2 is 1.85 bits per heavy atom. The van der Waals surface area contributed by atoms with Crippen LogP contribution >= 0.6 is 0 Å². The van der Waals surface area contributed by atoms with Crippen LogP contribution in [0.25, 0.3) is 0 Å². The van der Waals surface area contributed by atoms with Crippen molar-refractivity contribution in [3.8, 4) is 0 Å². The average molecular weight is 173 g/mol. The van der Waals surface area contributed by atoms with Gasteiger partial charge in [0, 0.05) is 12.1 Å². The minimum Gasteiger partial charge on any atom is -0.260 e. The van der Waals surface area contributed by atoms with E-state index in [4.69, 9.17) is 0 Å². The summed E-state index contributed by atoms with van der Waals surface area (Å²) in [4.78, 5) is 4.42. The van der Waals surface area contributed by atoms with E-state index < -0.39 is 0 Å². The van der Waals surface area contributed by atoms with Gasteiger partial charge in [-0.1, -0.05) is 39.0 Å². The highest BCUT2D eigenvalue weighted by Gasteiger charge is 2.29. The fourth-order valence-electron chi connectivity index (χ4n) is 1.79. The monoisotopic (exact) mass is 173 g/mol. The molecule has 0 bridgehead atoms. The molecule has 0 saturated heterocycles. The Morgan fingerprint density at radius 3 is 2.54 bits per heavy atom. The second kappa shape index (κ2) is 2.69. The van der Waals surface area contributed by atoms with Crippen LogP contribution in [0.4, 0.5) is 5.69 Å². The number of rotatable bonds is 0. The third kappa shape index (κ3) is 1.39. The van der Waals surface area contributed by atoms with Crippen molar-refractivity contribution in [1.82, 2.24) is 0 Å². The zero-order chi connectivity index (χ0) is 9.47. The second-order valence-corrected chi connectivity index (χ2v) is 4.68. The lowest BCUT2D eigenvalue weighted by Crippen LogP contribution is -2.17. The summed E-state index contributed by atoms with van der Waals surface area (Å²) in [5, 5.41) is 0. The van der Waals surface area contributed by atoms with Gasteiger partial charge in [0.1, 0.15) is 0 Å². The minimum atomic E-state index is 0.274. The summed E-state index contributed by atoms with van der Waals surface area (Å²) in [6.45, 7) is 6.77. The highest BCUT2D eigenvalue weighted by molar-refractivity contribution is 5.81. The molecule has 13 heavy (non-hydrogen) atoms. The predicted octanol–water partition coefficient (Wildman–Crippen LogP) is 3.53. The Morgan fingerprint density at radius 1 is 1.15 bits per heavy atom. The second-order valence-electron chi connectivity index (χ2n) is 4.68. The van der Waals surface area contributed by atoms with Crippen LogP contribution in [0, 0.1) is 5.41 Å². The molecule has 0 spiro atoms. The van der Waals surface area contributed by atoms with Gasteiger partial charge in [0.15, 0.2) is 0 Å². The highest BCUT2D eigenvalue weighted by Crippen LogP contribution is 2.41. The van der Waals surface area contributed by atoms with Crippen molar-refractivity contribution in [3.05, 3.63) is 29.8 Å². The standard InChI is InChI=1S/C12H15N/c1-12(2,3)10-8-13-11-7-5-4-6-9(10)11/h4-8,10H,1-3H3. The fourth-order valence-corrected chi connectivity index (χ4v) is 1.79. The topological polar surface area (TPSA) is 12.4 Å². The first-order valence-electron chi connectivity index (χ1n) is 4.72. The molecule has 1 unspecified atom stereocenters. The third-order valence-corrected chi connectivity index (χ3v) is 2.57. The lowest BCUT2D eigenvalue weighted by Gasteiger charge is -2.25. The van der Waals surface area contributed by atoms with Gasteiger partial charge in [-0.05, 0) is 17.0 Å². The maximum Gasteiger partial charge on any atom is 0.0664 e. The summed E-state index contributed by atoms with van der Waals surface area (Å²) in [6.07, 6.45) is 2.07. The molecule has 1 aromatic rings. The molecule has 68 valence electrons. The van der Waals surface area contributed by atoms with Crippen LogP contribution in [0.2, 0.25) is 0 Å². The van der Waals surface area contributed by atoms with Crippen molar-refractivity contribution in [2.45, 2.75) is 26.7 Å². The van der Waals surface area contributed by atoms with E-state index in [-0.39, 0.29) is 5.41 Å². The van der Waals surface area contributed by atoms with E-state index in [9.17, 15) is 0 Å². The molecule has 0 aliphatic carbocycles. The predicted molar refractivity (Wildman–Crippen MR) is 56.8 cm³/mol. The van der Waals surface area contributed by atoms with E-state index in [1.807, 2.05) is 6.07 Å². The zero-order valence-corrected chi connectivity index (χ0v) is 8.41. The summed E-state index contributed by atoms with van der Waals surface area (Å²) < 4.78 is 0. The van der Waals surface area contributed by atoms with Crippen molar-refractivity contribution >= 4 is 11.9 Å². The SMILES string of the molecule is CC(C)(C)C1C=Nc2ccccc21. The van der Waals surface area contributed by atoms with Crippen LogP contribution in [0.15, 0.2) is 29.3 Å². The molecular formula is C12H15N. The van der Waals surface area contributed by atoms with Crippen LogP contribution in [0.1, 0.15) is 32.3 Å². The van der Waals surface area contributed by atoms with Gasteiger partial charge in [-0.2, -0.15) is 0 Å². The van der Waals surface area contributed by atoms with Gasteiger partial charge in [0.05, 0.1) is 5.69 Å². The number of nitrogens with zero attached hydrogens (tertiary/aromatic N) is 1. The molecule has 1 heterocycles. The van der Waals surface area contributed by atoms with Gasteiger partial charge in [-0.25, -0.2) is 0 Å². The van der Waals surface area contributed by atoms with Gasteiger partial charge in [0.25, 0.3) is 0 Å². The van der Waals surface area contributed by atoms with Gasteiger partial charge in [-0.3, -0.25) is 4.99 Å². The Hall–Kier alpha value is -1.11. The van der Waals surface area contributed by atoms with E-state index >= 15 is 0 Å². The van der Waals surface area contributed by atoms with E-state index in [1.54, 1.807) is 0 Å². The molecule has 0 saturated carbocycles. The largest absolute Gasteiger partial charge is 0.260 e. The normalized spacial score (nSPS) is 20.4. The van der Waals surface area contributed by atoms with Crippen LogP contribution in [0.3, 0.4) is 0 Å². The number of fused-ring (bicyclic) bond motifs is 1. The first kappa shape index (κ1) is 8.49. The number of hydrogen-bond acceptors (Lipinski definition) is 1. The lowest BCUT2D eigenvalue weighted by atomic mass is 9.78. The summed E-state index contributed by atoms with van der Waals surface area (Å²) in [5.41, 5.74) is 2.79. The summed E-state index contributed by atoms with van der Waals surface area (Å²) in [5.74, 6) is 0.476. The number of para-hydroxylation sites is 1. The van der Waals surface area contributed by atoms with Crippen LogP contribution in [-0.2, 0) is 0 Å². The molecule has 1 aliphatic heterocycles. The Kier molecular flexibility index (Phi) is 1.76. The number of aliphatic imine (C=N–C) groups is 1. The van der Waals surface area contributed by atoms with E-state index in [2.05, 4.69) is 50.2 Å². The van der Waals surface area contributed by atoms with Crippen LogP contribution in [-0.4, -0.2) is 6.21 Å². The van der Waals surface area contributed by atoms with Crippen molar-refractivity contribution < 1.29 is 0 Å². The molecule has 1 aliphatic rings. The Bertz CT molecular complexity index is 344. The van der Waals surface area contributed by atoms with Gasteiger partial charge in [0.2, 0.25) is 0 Å². The summed E-state index contributed by atoms with van der Waals surface area (Å²) in [6, 6.07) is 8.39. The van der Waals surface area contributed by atoms with Crippen molar-refractivity contribution in [1.29, 1.82) is 0 Å². The zero-order valence-electron chi connectivity index (χ0n) is 8.41. The summed E-state index contributed by atoms with van der Waals surface area (Å²) >= 11 is 0. The molecule has 0 aromatic heterocycles. The number of hydrogen-bond donors (Lipinski definition) is 0. The van der Waals surface area contributed by atoms with Crippen molar-refractivity contribution in [3.63, 3.8) is 0 Å².